The predicted octanol–water partition coefficient (Wildman–Crippen LogP) is 4.06. The molecule has 5 nitrogen and oxygen atoms in total. The van der Waals surface area contributed by atoms with Gasteiger partial charge in [0.2, 0.25) is 5.91 Å². The Morgan fingerprint density at radius 3 is 2.07 bits per heavy atom. The molecule has 0 unspecified atom stereocenters. The van der Waals surface area contributed by atoms with Gasteiger partial charge in [-0.1, -0.05) is 0 Å². The first-order valence-corrected chi connectivity index (χ1v) is 11.5. The second kappa shape index (κ2) is 6.37. The molecule has 0 N–H and O–H groups in total. The number of carbonyl (C=O) groups is 2. The average Bonchev–Trinajstić information content (AvgIpc) is 3.01. The van der Waals surface area contributed by atoms with Crippen LogP contribution in [0.15, 0.2) is 0 Å². The summed E-state index contributed by atoms with van der Waals surface area (Å²) in [4.78, 5) is 30.5. The highest BCUT2D eigenvalue weighted by molar-refractivity contribution is 5.83. The number of likely N-dealkylation sites (tertiary alicyclic amines) is 2. The highest BCUT2D eigenvalue weighted by Gasteiger charge is 2.56. The van der Waals surface area contributed by atoms with Crippen molar-refractivity contribution in [2.24, 2.45) is 29.1 Å². The number of carbonyl (C=O) groups excluding carboxylic acids is 2. The molecule has 2 heterocycles. The SMILES string of the molecule is CC(C)(C)OC(=O)N1CC[C@@H]2CCN(C(=O)C34CC5CC(CC(C5)C3)C4)C[C@H]21. The Morgan fingerprint density at radius 2 is 1.50 bits per heavy atom. The molecule has 0 radical (unpaired) electrons. The first-order chi connectivity index (χ1) is 13.2. The molecule has 2 atom stereocenters. The van der Waals surface area contributed by atoms with Crippen molar-refractivity contribution in [1.29, 1.82) is 0 Å². The van der Waals surface area contributed by atoms with E-state index in [4.69, 9.17) is 4.74 Å². The van der Waals surface area contributed by atoms with E-state index in [1.54, 1.807) is 0 Å². The zero-order valence-corrected chi connectivity index (χ0v) is 17.8. The Kier molecular flexibility index (Phi) is 4.26. The number of nitrogens with zero attached hydrogens (tertiary/aromatic N) is 2. The first-order valence-electron chi connectivity index (χ1n) is 11.5. The van der Waals surface area contributed by atoms with Gasteiger partial charge in [0.1, 0.15) is 5.60 Å². The molecule has 28 heavy (non-hydrogen) atoms. The fraction of sp³-hybridized carbons (Fsp3) is 0.913. The maximum absolute atomic E-state index is 13.7. The van der Waals surface area contributed by atoms with E-state index in [0.717, 1.165) is 62.9 Å². The molecule has 4 saturated carbocycles. The van der Waals surface area contributed by atoms with Crippen molar-refractivity contribution in [2.75, 3.05) is 19.6 Å². The molecule has 6 fully saturated rings. The third kappa shape index (κ3) is 3.13. The smallest absolute Gasteiger partial charge is 0.410 e. The summed E-state index contributed by atoms with van der Waals surface area (Å²) in [5.74, 6) is 3.31. The Hall–Kier alpha value is -1.26. The number of fused-ring (bicyclic) bond motifs is 1. The highest BCUT2D eigenvalue weighted by Crippen LogP contribution is 2.60. The molecule has 0 spiro atoms. The fourth-order valence-corrected chi connectivity index (χ4v) is 7.58. The van der Waals surface area contributed by atoms with Gasteiger partial charge >= 0.3 is 6.09 Å². The van der Waals surface area contributed by atoms with Crippen LogP contribution in [0.25, 0.3) is 0 Å². The fourth-order valence-electron chi connectivity index (χ4n) is 7.58. The topological polar surface area (TPSA) is 49.9 Å². The van der Waals surface area contributed by atoms with E-state index in [9.17, 15) is 9.59 Å². The van der Waals surface area contributed by atoms with E-state index in [2.05, 4.69) is 4.90 Å². The Bertz CT molecular complexity index is 632. The molecule has 4 bridgehead atoms. The summed E-state index contributed by atoms with van der Waals surface area (Å²) in [5.41, 5.74) is -0.546. The van der Waals surface area contributed by atoms with Crippen LogP contribution in [0.4, 0.5) is 4.79 Å². The molecule has 0 aromatic carbocycles. The van der Waals surface area contributed by atoms with Crippen LogP contribution in [0.2, 0.25) is 0 Å². The lowest BCUT2D eigenvalue weighted by Gasteiger charge is -2.57. The van der Waals surface area contributed by atoms with Gasteiger partial charge in [0.25, 0.3) is 0 Å². The van der Waals surface area contributed by atoms with Crippen LogP contribution in [-0.4, -0.2) is 53.1 Å². The van der Waals surface area contributed by atoms with Gasteiger partial charge in [0, 0.05) is 19.6 Å². The number of amides is 2. The van der Waals surface area contributed by atoms with E-state index in [1.165, 1.54) is 19.3 Å². The average molecular weight is 389 g/mol. The lowest BCUT2D eigenvalue weighted by molar-refractivity contribution is -0.160. The Balaban J connectivity index is 1.30. The van der Waals surface area contributed by atoms with E-state index < -0.39 is 5.60 Å². The molecule has 2 saturated heterocycles. The third-order valence-corrected chi connectivity index (χ3v) is 8.27. The minimum absolute atomic E-state index is 0.0725. The van der Waals surface area contributed by atoms with Crippen LogP contribution in [0.5, 0.6) is 0 Å². The van der Waals surface area contributed by atoms with Crippen LogP contribution in [0.1, 0.15) is 72.1 Å². The van der Waals surface area contributed by atoms with E-state index in [1.807, 2.05) is 25.7 Å². The van der Waals surface area contributed by atoms with Gasteiger partial charge < -0.3 is 14.5 Å². The summed E-state index contributed by atoms with van der Waals surface area (Å²) in [5, 5.41) is 0. The molecule has 2 aliphatic heterocycles. The number of hydrogen-bond donors (Lipinski definition) is 0. The second-order valence-electron chi connectivity index (χ2n) is 11.5. The molecule has 156 valence electrons. The molecular formula is C23H36N2O3. The second-order valence-corrected chi connectivity index (χ2v) is 11.5. The van der Waals surface area contributed by atoms with Crippen LogP contribution >= 0.6 is 0 Å². The molecule has 5 heteroatoms. The highest BCUT2D eigenvalue weighted by atomic mass is 16.6. The van der Waals surface area contributed by atoms with Gasteiger partial charge in [-0.15, -0.1) is 0 Å². The first kappa shape index (κ1) is 18.7. The molecular weight excluding hydrogens is 352 g/mol. The standard InChI is InChI=1S/C23H36N2O3/c1-22(2,3)28-21(27)25-7-5-18-4-6-24(14-19(18)25)20(26)23-11-15-8-16(12-23)10-17(9-15)13-23/h15-19H,4-14H2,1-3H3/t15?,16?,17?,18-,19+,23?/m0/s1. The molecule has 6 aliphatic rings. The molecule has 0 aromatic heterocycles. The van der Waals surface area contributed by atoms with Gasteiger partial charge in [0.15, 0.2) is 0 Å². The van der Waals surface area contributed by atoms with Crippen LogP contribution in [0, 0.1) is 29.1 Å². The lowest BCUT2D eigenvalue weighted by atomic mass is 9.49. The van der Waals surface area contributed by atoms with E-state index in [-0.39, 0.29) is 17.6 Å². The third-order valence-electron chi connectivity index (χ3n) is 8.27. The van der Waals surface area contributed by atoms with E-state index >= 15 is 0 Å². The Labute approximate surface area is 169 Å². The molecule has 2 amide bonds. The number of rotatable bonds is 1. The van der Waals surface area contributed by atoms with Crippen molar-refractivity contribution in [3.63, 3.8) is 0 Å². The van der Waals surface area contributed by atoms with Crippen molar-refractivity contribution < 1.29 is 14.3 Å². The number of piperidine rings is 1. The van der Waals surface area contributed by atoms with Crippen molar-refractivity contribution in [1.82, 2.24) is 9.80 Å². The minimum atomic E-state index is -0.474. The van der Waals surface area contributed by atoms with Gasteiger partial charge in [-0.2, -0.15) is 0 Å². The van der Waals surface area contributed by atoms with Gasteiger partial charge in [0.05, 0.1) is 11.5 Å². The van der Waals surface area contributed by atoms with E-state index in [0.29, 0.717) is 18.4 Å². The number of ether oxygens (including phenoxy) is 1. The Morgan fingerprint density at radius 1 is 0.929 bits per heavy atom. The number of hydrogen-bond acceptors (Lipinski definition) is 3. The normalized spacial score (nSPS) is 41.9. The van der Waals surface area contributed by atoms with Gasteiger partial charge in [-0.05, 0) is 95.8 Å². The monoisotopic (exact) mass is 388 g/mol. The van der Waals surface area contributed by atoms with Crippen molar-refractivity contribution in [2.45, 2.75) is 83.8 Å². The van der Waals surface area contributed by atoms with Crippen LogP contribution in [0.3, 0.4) is 0 Å². The summed E-state index contributed by atoms with van der Waals surface area (Å²) < 4.78 is 5.65. The summed E-state index contributed by atoms with van der Waals surface area (Å²) in [6.45, 7) is 8.12. The van der Waals surface area contributed by atoms with Crippen LogP contribution in [-0.2, 0) is 9.53 Å². The zero-order chi connectivity index (χ0) is 19.7. The maximum atomic E-state index is 13.7. The van der Waals surface area contributed by atoms with Gasteiger partial charge in [-0.3, -0.25) is 4.79 Å². The molecule has 6 rings (SSSR count). The summed E-state index contributed by atoms with van der Waals surface area (Å²) in [6, 6.07) is 0.140. The van der Waals surface area contributed by atoms with Gasteiger partial charge in [-0.25, -0.2) is 4.79 Å². The maximum Gasteiger partial charge on any atom is 0.410 e. The summed E-state index contributed by atoms with van der Waals surface area (Å²) in [7, 11) is 0. The molecule has 4 aliphatic carbocycles. The molecule has 0 aromatic rings. The van der Waals surface area contributed by atoms with Crippen molar-refractivity contribution in [3.05, 3.63) is 0 Å². The van der Waals surface area contributed by atoms with Crippen molar-refractivity contribution >= 4 is 12.0 Å². The van der Waals surface area contributed by atoms with Crippen molar-refractivity contribution in [3.8, 4) is 0 Å². The summed E-state index contributed by atoms with van der Waals surface area (Å²) >= 11 is 0. The zero-order valence-electron chi connectivity index (χ0n) is 17.8. The largest absolute Gasteiger partial charge is 0.444 e. The predicted molar refractivity (Wildman–Crippen MR) is 107 cm³/mol. The minimum Gasteiger partial charge on any atom is -0.444 e. The summed E-state index contributed by atoms with van der Waals surface area (Å²) in [6.07, 6.45) is 9.33. The lowest BCUT2D eigenvalue weighted by Crippen LogP contribution is -2.59. The van der Waals surface area contributed by atoms with Crippen LogP contribution < -0.4 is 0 Å². The quantitative estimate of drug-likeness (QED) is 0.681.